The molecule has 4 rings (SSSR count). The van der Waals surface area contributed by atoms with Gasteiger partial charge >= 0.3 is 0 Å². The molecule has 1 saturated heterocycles. The van der Waals surface area contributed by atoms with Gasteiger partial charge in [0.2, 0.25) is 5.95 Å². The molecular weight excluding hydrogens is 369 g/mol. The number of rotatable bonds is 5. The molecule has 1 aliphatic heterocycles. The van der Waals surface area contributed by atoms with Crippen LogP contribution in [-0.4, -0.2) is 45.7 Å². The van der Waals surface area contributed by atoms with Crippen molar-refractivity contribution in [2.75, 3.05) is 36.4 Å². The third kappa shape index (κ3) is 4.22. The molecule has 3 aromatic rings. The lowest BCUT2D eigenvalue weighted by Crippen LogP contribution is -2.43. The van der Waals surface area contributed by atoms with E-state index in [1.807, 2.05) is 29.8 Å². The lowest BCUT2D eigenvalue weighted by molar-refractivity contribution is 0.582. The highest BCUT2D eigenvalue weighted by atomic mass is 19.1. The number of imidazole rings is 1. The monoisotopic (exact) mass is 395 g/mol. The van der Waals surface area contributed by atoms with Crippen molar-refractivity contribution in [1.29, 1.82) is 0 Å². The Bertz CT molecular complexity index is 975. The number of hydrogen-bond acceptors (Lipinski definition) is 6. The molecule has 0 bridgehead atoms. The smallest absolute Gasteiger partial charge is 0.227 e. The van der Waals surface area contributed by atoms with Gasteiger partial charge in [-0.05, 0) is 45.0 Å². The summed E-state index contributed by atoms with van der Waals surface area (Å²) in [5.41, 5.74) is 2.74. The van der Waals surface area contributed by atoms with Gasteiger partial charge in [0.25, 0.3) is 0 Å². The molecule has 7 nitrogen and oxygen atoms in total. The fraction of sp³-hybridized carbons (Fsp3) is 0.381. The predicted octanol–water partition coefficient (Wildman–Crippen LogP) is 3.52. The number of nitrogens with one attached hydrogen (secondary N) is 2. The molecule has 0 aliphatic carbocycles. The zero-order valence-corrected chi connectivity index (χ0v) is 17.0. The molecule has 0 amide bonds. The molecule has 3 heterocycles. The van der Waals surface area contributed by atoms with Crippen molar-refractivity contribution in [3.05, 3.63) is 48.3 Å². The van der Waals surface area contributed by atoms with Crippen LogP contribution in [-0.2, 0) is 0 Å². The third-order valence-electron chi connectivity index (χ3n) is 5.07. The number of benzene rings is 1. The second-order valence-corrected chi connectivity index (χ2v) is 7.47. The van der Waals surface area contributed by atoms with Gasteiger partial charge in [0, 0.05) is 49.8 Å². The number of hydrogen-bond donors (Lipinski definition) is 2. The summed E-state index contributed by atoms with van der Waals surface area (Å²) in [5.74, 6) is 0.678. The van der Waals surface area contributed by atoms with Crippen molar-refractivity contribution in [3.63, 3.8) is 0 Å². The lowest BCUT2D eigenvalue weighted by Gasteiger charge is -2.29. The van der Waals surface area contributed by atoms with E-state index in [1.165, 1.54) is 11.9 Å². The van der Waals surface area contributed by atoms with E-state index in [9.17, 15) is 4.39 Å². The summed E-state index contributed by atoms with van der Waals surface area (Å²) in [5, 5.41) is 6.52. The molecule has 0 radical (unpaired) electrons. The van der Waals surface area contributed by atoms with Crippen molar-refractivity contribution >= 4 is 17.3 Å². The van der Waals surface area contributed by atoms with Crippen LogP contribution in [0.2, 0.25) is 0 Å². The first-order chi connectivity index (χ1) is 14.0. The molecule has 1 aromatic carbocycles. The van der Waals surface area contributed by atoms with E-state index in [2.05, 4.69) is 56.5 Å². The largest absolute Gasteiger partial charge is 0.369 e. The Morgan fingerprint density at radius 3 is 2.48 bits per heavy atom. The highest BCUT2D eigenvalue weighted by molar-refractivity contribution is 5.62. The van der Waals surface area contributed by atoms with Crippen LogP contribution in [0.15, 0.2) is 36.7 Å². The Hall–Kier alpha value is -3.00. The molecule has 1 fully saturated rings. The summed E-state index contributed by atoms with van der Waals surface area (Å²) in [4.78, 5) is 15.3. The van der Waals surface area contributed by atoms with Crippen molar-refractivity contribution in [3.8, 4) is 11.4 Å². The Morgan fingerprint density at radius 1 is 1.10 bits per heavy atom. The normalized spacial score (nSPS) is 14.4. The van der Waals surface area contributed by atoms with Crippen LogP contribution < -0.4 is 15.5 Å². The minimum absolute atomic E-state index is 0.197. The van der Waals surface area contributed by atoms with Gasteiger partial charge in [-0.25, -0.2) is 19.3 Å². The average Bonchev–Trinajstić information content (AvgIpc) is 3.12. The summed E-state index contributed by atoms with van der Waals surface area (Å²) < 4.78 is 16.4. The zero-order valence-electron chi connectivity index (χ0n) is 17.0. The minimum atomic E-state index is -0.488. The van der Waals surface area contributed by atoms with Crippen LogP contribution in [0.5, 0.6) is 0 Å². The molecule has 8 heteroatoms. The summed E-state index contributed by atoms with van der Waals surface area (Å²) >= 11 is 0. The van der Waals surface area contributed by atoms with Gasteiger partial charge in [-0.15, -0.1) is 0 Å². The van der Waals surface area contributed by atoms with Crippen molar-refractivity contribution in [1.82, 2.24) is 24.8 Å². The van der Waals surface area contributed by atoms with Crippen LogP contribution in [0.3, 0.4) is 0 Å². The van der Waals surface area contributed by atoms with Crippen LogP contribution in [0.1, 0.15) is 25.7 Å². The van der Waals surface area contributed by atoms with E-state index in [0.717, 1.165) is 37.7 Å². The van der Waals surface area contributed by atoms with Crippen molar-refractivity contribution in [2.24, 2.45) is 0 Å². The highest BCUT2D eigenvalue weighted by Crippen LogP contribution is 2.25. The Morgan fingerprint density at radius 2 is 1.83 bits per heavy atom. The fourth-order valence-electron chi connectivity index (χ4n) is 3.54. The number of halogens is 1. The highest BCUT2D eigenvalue weighted by Gasteiger charge is 2.16. The molecule has 152 valence electrons. The first kappa shape index (κ1) is 19.3. The number of nitrogens with zero attached hydrogens (tertiary/aromatic N) is 5. The van der Waals surface area contributed by atoms with Crippen LogP contribution >= 0.6 is 0 Å². The van der Waals surface area contributed by atoms with E-state index in [0.29, 0.717) is 11.6 Å². The molecular formula is C21H26FN7. The Labute approximate surface area is 170 Å². The Kier molecular flexibility index (Phi) is 5.44. The molecule has 0 unspecified atom stereocenters. The lowest BCUT2D eigenvalue weighted by atomic mass is 10.2. The van der Waals surface area contributed by atoms with Gasteiger partial charge in [-0.2, -0.15) is 0 Å². The predicted molar refractivity (Wildman–Crippen MR) is 113 cm³/mol. The summed E-state index contributed by atoms with van der Waals surface area (Å²) in [6, 6.07) is 8.37. The van der Waals surface area contributed by atoms with E-state index in [-0.39, 0.29) is 11.7 Å². The Balaban J connectivity index is 1.54. The van der Waals surface area contributed by atoms with Crippen molar-refractivity contribution in [2.45, 2.75) is 26.8 Å². The number of piperazine rings is 1. The molecule has 1 aliphatic rings. The van der Waals surface area contributed by atoms with Crippen LogP contribution in [0, 0.1) is 12.7 Å². The average molecular weight is 395 g/mol. The molecule has 29 heavy (non-hydrogen) atoms. The van der Waals surface area contributed by atoms with Gasteiger partial charge in [0.05, 0.1) is 6.20 Å². The quantitative estimate of drug-likeness (QED) is 0.689. The minimum Gasteiger partial charge on any atom is -0.369 e. The number of aromatic nitrogens is 4. The van der Waals surface area contributed by atoms with Gasteiger partial charge in [-0.3, -0.25) is 0 Å². The summed E-state index contributed by atoms with van der Waals surface area (Å²) in [6.07, 6.45) is 3.01. The van der Waals surface area contributed by atoms with E-state index >= 15 is 0 Å². The number of aryl methyl sites for hydroxylation is 1. The second kappa shape index (κ2) is 8.16. The maximum absolute atomic E-state index is 14.4. The summed E-state index contributed by atoms with van der Waals surface area (Å²) in [7, 11) is 0. The van der Waals surface area contributed by atoms with Crippen LogP contribution in [0.4, 0.5) is 21.7 Å². The van der Waals surface area contributed by atoms with E-state index in [4.69, 9.17) is 0 Å². The molecule has 0 atom stereocenters. The first-order valence-corrected chi connectivity index (χ1v) is 9.92. The van der Waals surface area contributed by atoms with E-state index < -0.39 is 5.82 Å². The van der Waals surface area contributed by atoms with Gasteiger partial charge in [0.1, 0.15) is 17.2 Å². The van der Waals surface area contributed by atoms with Gasteiger partial charge in [0.15, 0.2) is 5.82 Å². The zero-order chi connectivity index (χ0) is 20.4. The molecule has 0 spiro atoms. The first-order valence-electron chi connectivity index (χ1n) is 9.92. The fourth-order valence-corrected chi connectivity index (χ4v) is 3.54. The third-order valence-corrected chi connectivity index (χ3v) is 5.07. The standard InChI is InChI=1S/C21H26FN7/c1-14(2)29-13-19(25-15(29)3)20-18(22)12-24-21(27-20)26-16-4-6-17(7-5-16)28-10-8-23-9-11-28/h4-7,12-14,23H,8-11H2,1-3H3,(H,24,26,27). The maximum atomic E-state index is 14.4. The SMILES string of the molecule is Cc1nc(-c2nc(Nc3ccc(N4CCNCC4)cc3)ncc2F)cn1C(C)C. The van der Waals surface area contributed by atoms with E-state index in [1.54, 1.807) is 0 Å². The van der Waals surface area contributed by atoms with Gasteiger partial charge < -0.3 is 20.1 Å². The molecule has 0 saturated carbocycles. The van der Waals surface area contributed by atoms with Crippen molar-refractivity contribution < 1.29 is 4.39 Å². The maximum Gasteiger partial charge on any atom is 0.227 e. The number of anilines is 3. The topological polar surface area (TPSA) is 70.9 Å². The van der Waals surface area contributed by atoms with Gasteiger partial charge in [-0.1, -0.05) is 0 Å². The summed E-state index contributed by atoms with van der Waals surface area (Å²) in [6.45, 7) is 10.0. The second-order valence-electron chi connectivity index (χ2n) is 7.47. The molecule has 2 N–H and O–H groups in total. The molecule has 2 aromatic heterocycles. The van der Waals surface area contributed by atoms with Crippen LogP contribution in [0.25, 0.3) is 11.4 Å².